The molecule has 1 aliphatic rings. The van der Waals surface area contributed by atoms with Crippen LogP contribution in [-0.4, -0.2) is 65.5 Å². The maximum Gasteiger partial charge on any atom is 0.304 e. The quantitative estimate of drug-likeness (QED) is 0.709. The van der Waals surface area contributed by atoms with Crippen molar-refractivity contribution in [3.05, 3.63) is 0 Å². The van der Waals surface area contributed by atoms with Gasteiger partial charge in [0.15, 0.2) is 0 Å². The van der Waals surface area contributed by atoms with E-state index in [1.54, 1.807) is 0 Å². The molecule has 1 amide bonds. The SMILES string of the molecule is CC(C)C(N)CC(=O)N1CCN(CCC(=O)O)CC1. The smallest absolute Gasteiger partial charge is 0.304 e. The summed E-state index contributed by atoms with van der Waals surface area (Å²) in [5.74, 6) is -0.360. The van der Waals surface area contributed by atoms with Gasteiger partial charge in [0.2, 0.25) is 5.91 Å². The first-order valence-corrected chi connectivity index (χ1v) is 6.87. The monoisotopic (exact) mass is 271 g/mol. The Labute approximate surface area is 114 Å². The van der Waals surface area contributed by atoms with Crippen molar-refractivity contribution in [3.8, 4) is 0 Å². The van der Waals surface area contributed by atoms with Crippen molar-refractivity contribution in [1.82, 2.24) is 9.80 Å². The fraction of sp³-hybridized carbons (Fsp3) is 0.846. The van der Waals surface area contributed by atoms with E-state index in [0.29, 0.717) is 32.0 Å². The van der Waals surface area contributed by atoms with E-state index in [1.807, 2.05) is 18.7 Å². The van der Waals surface area contributed by atoms with Crippen LogP contribution < -0.4 is 5.73 Å². The molecule has 1 atom stereocenters. The predicted octanol–water partition coefficient (Wildman–Crippen LogP) is -0.0213. The summed E-state index contributed by atoms with van der Waals surface area (Å²) in [4.78, 5) is 26.4. The summed E-state index contributed by atoms with van der Waals surface area (Å²) in [6, 6.07) is -0.0856. The average molecular weight is 271 g/mol. The van der Waals surface area contributed by atoms with Crippen LogP contribution in [0.4, 0.5) is 0 Å². The maximum absolute atomic E-state index is 12.0. The predicted molar refractivity (Wildman–Crippen MR) is 72.7 cm³/mol. The van der Waals surface area contributed by atoms with Gasteiger partial charge in [-0.15, -0.1) is 0 Å². The fourth-order valence-corrected chi connectivity index (χ4v) is 2.04. The van der Waals surface area contributed by atoms with Gasteiger partial charge in [0.05, 0.1) is 6.42 Å². The molecule has 3 N–H and O–H groups in total. The Hall–Kier alpha value is -1.14. The number of nitrogens with two attached hydrogens (primary N) is 1. The van der Waals surface area contributed by atoms with Crippen LogP contribution in [0.5, 0.6) is 0 Å². The lowest BCUT2D eigenvalue weighted by Crippen LogP contribution is -2.50. The summed E-state index contributed by atoms with van der Waals surface area (Å²) < 4.78 is 0. The van der Waals surface area contributed by atoms with Gasteiger partial charge < -0.3 is 15.7 Å². The van der Waals surface area contributed by atoms with Crippen molar-refractivity contribution in [2.75, 3.05) is 32.7 Å². The second kappa shape index (κ2) is 7.45. The number of rotatable bonds is 6. The van der Waals surface area contributed by atoms with Crippen molar-refractivity contribution >= 4 is 11.9 Å². The first-order valence-electron chi connectivity index (χ1n) is 6.87. The molecule has 0 aromatic carbocycles. The molecule has 0 aromatic rings. The number of carbonyl (C=O) groups excluding carboxylic acids is 1. The van der Waals surface area contributed by atoms with Gasteiger partial charge in [-0.3, -0.25) is 14.5 Å². The molecule has 0 bridgehead atoms. The molecule has 1 rings (SSSR count). The summed E-state index contributed by atoms with van der Waals surface area (Å²) in [6.07, 6.45) is 0.555. The van der Waals surface area contributed by atoms with Crippen molar-refractivity contribution in [1.29, 1.82) is 0 Å². The second-order valence-electron chi connectivity index (χ2n) is 5.48. The van der Waals surface area contributed by atoms with Gasteiger partial charge in [0.1, 0.15) is 0 Å². The number of carbonyl (C=O) groups is 2. The largest absolute Gasteiger partial charge is 0.481 e. The molecular weight excluding hydrogens is 246 g/mol. The van der Waals surface area contributed by atoms with Crippen molar-refractivity contribution in [3.63, 3.8) is 0 Å². The van der Waals surface area contributed by atoms with E-state index in [-0.39, 0.29) is 18.4 Å². The van der Waals surface area contributed by atoms with Crippen LogP contribution >= 0.6 is 0 Å². The molecule has 1 unspecified atom stereocenters. The van der Waals surface area contributed by atoms with Gasteiger partial charge in [-0.05, 0) is 5.92 Å². The molecule has 0 saturated carbocycles. The molecule has 110 valence electrons. The number of amides is 1. The minimum atomic E-state index is -0.776. The van der Waals surface area contributed by atoms with Crippen LogP contribution in [-0.2, 0) is 9.59 Å². The Bertz CT molecular complexity index is 312. The van der Waals surface area contributed by atoms with Crippen LogP contribution in [0, 0.1) is 5.92 Å². The minimum absolute atomic E-state index is 0.0856. The number of carboxylic acids is 1. The second-order valence-corrected chi connectivity index (χ2v) is 5.48. The summed E-state index contributed by atoms with van der Waals surface area (Å²) >= 11 is 0. The summed E-state index contributed by atoms with van der Waals surface area (Å²) in [7, 11) is 0. The highest BCUT2D eigenvalue weighted by Crippen LogP contribution is 2.09. The lowest BCUT2D eigenvalue weighted by Gasteiger charge is -2.35. The molecule has 1 heterocycles. The van der Waals surface area contributed by atoms with E-state index in [4.69, 9.17) is 10.8 Å². The molecule has 6 heteroatoms. The number of piperazine rings is 1. The molecular formula is C13H25N3O3. The topological polar surface area (TPSA) is 86.9 Å². The van der Waals surface area contributed by atoms with E-state index in [2.05, 4.69) is 4.90 Å². The highest BCUT2D eigenvalue weighted by atomic mass is 16.4. The summed E-state index contributed by atoms with van der Waals surface area (Å²) in [5, 5.41) is 8.63. The average Bonchev–Trinajstić information content (AvgIpc) is 2.36. The number of hydrogen-bond donors (Lipinski definition) is 2. The molecule has 0 aliphatic carbocycles. The Morgan fingerprint density at radius 2 is 1.79 bits per heavy atom. The third-order valence-corrected chi connectivity index (χ3v) is 3.63. The third-order valence-electron chi connectivity index (χ3n) is 3.63. The first kappa shape index (κ1) is 15.9. The molecule has 0 spiro atoms. The lowest BCUT2D eigenvalue weighted by molar-refractivity contribution is -0.138. The van der Waals surface area contributed by atoms with Crippen LogP contribution in [0.1, 0.15) is 26.7 Å². The van der Waals surface area contributed by atoms with Crippen molar-refractivity contribution in [2.24, 2.45) is 11.7 Å². The number of hydrogen-bond acceptors (Lipinski definition) is 4. The van der Waals surface area contributed by atoms with Gasteiger partial charge in [-0.2, -0.15) is 0 Å². The number of nitrogens with zero attached hydrogens (tertiary/aromatic N) is 2. The molecule has 0 radical (unpaired) electrons. The van der Waals surface area contributed by atoms with E-state index >= 15 is 0 Å². The molecule has 1 fully saturated rings. The van der Waals surface area contributed by atoms with E-state index < -0.39 is 5.97 Å². The van der Waals surface area contributed by atoms with Crippen LogP contribution in [0.3, 0.4) is 0 Å². The van der Waals surface area contributed by atoms with Gasteiger partial charge in [-0.25, -0.2) is 0 Å². The maximum atomic E-state index is 12.0. The Morgan fingerprint density at radius 1 is 1.21 bits per heavy atom. The number of carboxylic acid groups (broad SMARTS) is 1. The molecule has 6 nitrogen and oxygen atoms in total. The first-order chi connectivity index (χ1) is 8.90. The van der Waals surface area contributed by atoms with E-state index in [9.17, 15) is 9.59 Å². The van der Waals surface area contributed by atoms with E-state index in [0.717, 1.165) is 13.1 Å². The van der Waals surface area contributed by atoms with Crippen LogP contribution in [0.2, 0.25) is 0 Å². The standard InChI is InChI=1S/C13H25N3O3/c1-10(2)11(14)9-12(17)16-7-5-15(6-8-16)4-3-13(18)19/h10-11H,3-9,14H2,1-2H3,(H,18,19). The third kappa shape index (κ3) is 5.57. The Morgan fingerprint density at radius 3 is 2.26 bits per heavy atom. The minimum Gasteiger partial charge on any atom is -0.481 e. The van der Waals surface area contributed by atoms with Crippen LogP contribution in [0.15, 0.2) is 0 Å². The van der Waals surface area contributed by atoms with Gasteiger partial charge in [-0.1, -0.05) is 13.8 Å². The van der Waals surface area contributed by atoms with Crippen molar-refractivity contribution < 1.29 is 14.7 Å². The Kier molecular flexibility index (Phi) is 6.24. The van der Waals surface area contributed by atoms with Crippen LogP contribution in [0.25, 0.3) is 0 Å². The van der Waals surface area contributed by atoms with Gasteiger partial charge in [0.25, 0.3) is 0 Å². The van der Waals surface area contributed by atoms with Gasteiger partial charge >= 0.3 is 5.97 Å². The summed E-state index contributed by atoms with van der Waals surface area (Å²) in [5.41, 5.74) is 5.91. The highest BCUT2D eigenvalue weighted by Gasteiger charge is 2.23. The zero-order valence-corrected chi connectivity index (χ0v) is 11.8. The zero-order valence-electron chi connectivity index (χ0n) is 11.8. The number of aliphatic carboxylic acids is 1. The molecule has 19 heavy (non-hydrogen) atoms. The molecule has 0 aromatic heterocycles. The zero-order chi connectivity index (χ0) is 14.4. The summed E-state index contributed by atoms with van der Waals surface area (Å²) in [6.45, 7) is 7.42. The highest BCUT2D eigenvalue weighted by molar-refractivity contribution is 5.77. The normalized spacial score (nSPS) is 18.6. The van der Waals surface area contributed by atoms with E-state index in [1.165, 1.54) is 0 Å². The molecule has 1 saturated heterocycles. The lowest BCUT2D eigenvalue weighted by atomic mass is 10.0. The molecule has 1 aliphatic heterocycles. The Balaban J connectivity index is 2.29. The van der Waals surface area contributed by atoms with Crippen molar-refractivity contribution in [2.45, 2.75) is 32.7 Å². The van der Waals surface area contributed by atoms with Gasteiger partial charge in [0, 0.05) is 45.2 Å². The fourth-order valence-electron chi connectivity index (χ4n) is 2.04.